The van der Waals surface area contributed by atoms with Gasteiger partial charge in [-0.15, -0.1) is 0 Å². The van der Waals surface area contributed by atoms with Crippen molar-refractivity contribution < 1.29 is 9.90 Å². The number of hydrogen-bond acceptors (Lipinski definition) is 3. The zero-order valence-electron chi connectivity index (χ0n) is 9.62. The van der Waals surface area contributed by atoms with Crippen molar-refractivity contribution in [2.75, 3.05) is 0 Å². The zero-order chi connectivity index (χ0) is 12.6. The van der Waals surface area contributed by atoms with E-state index in [9.17, 15) is 9.59 Å². The molecular formula is C11H13N3O3. The maximum Gasteiger partial charge on any atom is 0.308 e. The van der Waals surface area contributed by atoms with Crippen LogP contribution >= 0.6 is 0 Å². The summed E-state index contributed by atoms with van der Waals surface area (Å²) in [7, 11) is 0. The third-order valence-corrected chi connectivity index (χ3v) is 2.62. The molecule has 0 saturated carbocycles. The molecule has 0 aliphatic rings. The lowest BCUT2D eigenvalue weighted by Gasteiger charge is -2.09. The van der Waals surface area contributed by atoms with Crippen molar-refractivity contribution in [2.45, 2.75) is 20.4 Å². The first-order valence-electron chi connectivity index (χ1n) is 5.27. The van der Waals surface area contributed by atoms with Gasteiger partial charge in [-0.25, -0.2) is 4.52 Å². The fourth-order valence-electron chi connectivity index (χ4n) is 1.67. The smallest absolute Gasteiger partial charge is 0.308 e. The molecule has 0 bridgehead atoms. The molecule has 2 aromatic rings. The fraction of sp³-hybridized carbons (Fsp3) is 0.364. The average Bonchev–Trinajstić information content (AvgIpc) is 2.63. The van der Waals surface area contributed by atoms with Crippen LogP contribution in [0.5, 0.6) is 0 Å². The van der Waals surface area contributed by atoms with E-state index in [2.05, 4.69) is 5.10 Å². The number of rotatable bonds is 3. The number of hydrogen-bond donors (Lipinski definition) is 1. The molecule has 0 fully saturated rings. The Labute approximate surface area is 97.1 Å². The zero-order valence-corrected chi connectivity index (χ0v) is 9.62. The minimum atomic E-state index is -0.915. The highest BCUT2D eigenvalue weighted by atomic mass is 16.4. The van der Waals surface area contributed by atoms with E-state index in [0.717, 1.165) is 5.69 Å². The summed E-state index contributed by atoms with van der Waals surface area (Å²) < 4.78 is 2.90. The maximum absolute atomic E-state index is 12.0. The number of fused-ring (bicyclic) bond motifs is 1. The quantitative estimate of drug-likeness (QED) is 0.841. The Bertz CT molecular complexity index is 626. The van der Waals surface area contributed by atoms with Gasteiger partial charge in [0.15, 0.2) is 0 Å². The van der Waals surface area contributed by atoms with Gasteiger partial charge in [-0.1, -0.05) is 6.92 Å². The molecule has 90 valence electrons. The number of carboxylic acids is 1. The Balaban J connectivity index is 2.46. The molecule has 6 nitrogen and oxygen atoms in total. The molecule has 0 radical (unpaired) electrons. The van der Waals surface area contributed by atoms with Crippen molar-refractivity contribution >= 4 is 11.5 Å². The summed E-state index contributed by atoms with van der Waals surface area (Å²) in [6.45, 7) is 3.53. The van der Waals surface area contributed by atoms with E-state index in [4.69, 9.17) is 5.11 Å². The van der Waals surface area contributed by atoms with Gasteiger partial charge >= 0.3 is 5.97 Å². The summed E-state index contributed by atoms with van der Waals surface area (Å²) >= 11 is 0. The number of carbonyl (C=O) groups is 1. The second-order valence-corrected chi connectivity index (χ2v) is 4.11. The predicted octanol–water partition coefficient (Wildman–Crippen LogP) is 0.525. The molecular weight excluding hydrogens is 222 g/mol. The first-order chi connectivity index (χ1) is 7.99. The van der Waals surface area contributed by atoms with Crippen molar-refractivity contribution in [1.29, 1.82) is 0 Å². The summed E-state index contributed by atoms with van der Waals surface area (Å²) in [5.41, 5.74) is 0.995. The van der Waals surface area contributed by atoms with Gasteiger partial charge in [0.1, 0.15) is 5.52 Å². The second-order valence-electron chi connectivity index (χ2n) is 4.11. The summed E-state index contributed by atoms with van der Waals surface area (Å²) in [6.07, 6.45) is 3.21. The van der Waals surface area contributed by atoms with Crippen molar-refractivity contribution in [3.05, 3.63) is 34.5 Å². The van der Waals surface area contributed by atoms with Crippen molar-refractivity contribution in [3.8, 4) is 0 Å². The van der Waals surface area contributed by atoms with Crippen molar-refractivity contribution in [2.24, 2.45) is 5.92 Å². The second kappa shape index (κ2) is 4.04. The van der Waals surface area contributed by atoms with E-state index in [0.29, 0.717) is 5.52 Å². The van der Waals surface area contributed by atoms with Crippen molar-refractivity contribution in [1.82, 2.24) is 14.2 Å². The molecule has 0 amide bonds. The molecule has 1 unspecified atom stereocenters. The van der Waals surface area contributed by atoms with Crippen LogP contribution in [0, 0.1) is 12.8 Å². The maximum atomic E-state index is 12.0. The van der Waals surface area contributed by atoms with Crippen LogP contribution < -0.4 is 5.56 Å². The van der Waals surface area contributed by atoms with Crippen molar-refractivity contribution in [3.63, 3.8) is 0 Å². The lowest BCUT2D eigenvalue weighted by molar-refractivity contribution is -0.141. The highest BCUT2D eigenvalue weighted by Gasteiger charge is 2.13. The van der Waals surface area contributed by atoms with Gasteiger partial charge in [-0.3, -0.25) is 9.59 Å². The number of nitrogens with zero attached hydrogens (tertiary/aromatic N) is 3. The first kappa shape index (κ1) is 11.4. The van der Waals surface area contributed by atoms with E-state index in [1.165, 1.54) is 9.08 Å². The van der Waals surface area contributed by atoms with Gasteiger partial charge < -0.3 is 9.67 Å². The molecule has 2 heterocycles. The molecule has 17 heavy (non-hydrogen) atoms. The van der Waals surface area contributed by atoms with Crippen LogP contribution in [-0.2, 0) is 11.3 Å². The highest BCUT2D eigenvalue weighted by molar-refractivity contribution is 5.69. The van der Waals surface area contributed by atoms with E-state index in [1.807, 2.05) is 0 Å². The number of aromatic nitrogens is 3. The van der Waals surface area contributed by atoms with Gasteiger partial charge in [-0.2, -0.15) is 5.10 Å². The third-order valence-electron chi connectivity index (χ3n) is 2.62. The summed E-state index contributed by atoms with van der Waals surface area (Å²) in [6, 6.07) is 1.68. The van der Waals surface area contributed by atoms with Crippen LogP contribution in [0.3, 0.4) is 0 Å². The molecule has 0 aromatic carbocycles. The molecule has 2 aromatic heterocycles. The first-order valence-corrected chi connectivity index (χ1v) is 5.27. The van der Waals surface area contributed by atoms with Crippen LogP contribution in [0.4, 0.5) is 0 Å². The normalized spacial score (nSPS) is 12.8. The van der Waals surface area contributed by atoms with Gasteiger partial charge in [0.2, 0.25) is 0 Å². The lowest BCUT2D eigenvalue weighted by Crippen LogP contribution is -2.26. The van der Waals surface area contributed by atoms with Crippen LogP contribution in [0.15, 0.2) is 23.3 Å². The van der Waals surface area contributed by atoms with E-state index in [1.54, 1.807) is 32.3 Å². The van der Waals surface area contributed by atoms with Crippen LogP contribution in [0.2, 0.25) is 0 Å². The Hall–Kier alpha value is -2.11. The Morgan fingerprint density at radius 3 is 2.88 bits per heavy atom. The fourth-order valence-corrected chi connectivity index (χ4v) is 1.67. The van der Waals surface area contributed by atoms with Crippen LogP contribution in [0.25, 0.3) is 5.52 Å². The molecule has 0 saturated heterocycles. The highest BCUT2D eigenvalue weighted by Crippen LogP contribution is 2.02. The molecule has 6 heteroatoms. The van der Waals surface area contributed by atoms with E-state index >= 15 is 0 Å². The molecule has 0 aliphatic carbocycles. The van der Waals surface area contributed by atoms with Gasteiger partial charge in [0.05, 0.1) is 11.6 Å². The number of aliphatic carboxylic acids is 1. The molecule has 2 rings (SSSR count). The number of aryl methyl sites for hydroxylation is 1. The largest absolute Gasteiger partial charge is 0.481 e. The van der Waals surface area contributed by atoms with Gasteiger partial charge in [-0.05, 0) is 13.0 Å². The van der Waals surface area contributed by atoms with Crippen LogP contribution in [0.1, 0.15) is 12.6 Å². The SMILES string of the molecule is Cc1cc2c(=O)n(CC(C)C(=O)O)ccn2n1. The topological polar surface area (TPSA) is 76.6 Å². The van der Waals surface area contributed by atoms with E-state index in [-0.39, 0.29) is 12.1 Å². The lowest BCUT2D eigenvalue weighted by atomic mass is 10.2. The summed E-state index contributed by atoms with van der Waals surface area (Å²) in [4.78, 5) is 22.8. The van der Waals surface area contributed by atoms with E-state index < -0.39 is 11.9 Å². The molecule has 1 atom stereocenters. The molecule has 0 aliphatic heterocycles. The molecule has 0 spiro atoms. The number of carboxylic acid groups (broad SMARTS) is 1. The predicted molar refractivity (Wildman–Crippen MR) is 61.0 cm³/mol. The standard InChI is InChI=1S/C11H13N3O3/c1-7(11(16)17)6-13-3-4-14-9(10(13)15)5-8(2)12-14/h3-5,7H,6H2,1-2H3,(H,16,17). The molecule has 1 N–H and O–H groups in total. The monoisotopic (exact) mass is 235 g/mol. The Morgan fingerprint density at radius 1 is 1.53 bits per heavy atom. The minimum Gasteiger partial charge on any atom is -0.481 e. The third kappa shape index (κ3) is 2.06. The Morgan fingerprint density at radius 2 is 2.24 bits per heavy atom. The summed E-state index contributed by atoms with van der Waals surface area (Å²) in [5, 5.41) is 12.9. The van der Waals surface area contributed by atoms with Crippen LogP contribution in [-0.4, -0.2) is 25.3 Å². The Kier molecular flexibility index (Phi) is 2.71. The average molecular weight is 235 g/mol. The van der Waals surface area contributed by atoms with Gasteiger partial charge in [0.25, 0.3) is 5.56 Å². The van der Waals surface area contributed by atoms with Gasteiger partial charge in [0, 0.05) is 18.9 Å². The summed E-state index contributed by atoms with van der Waals surface area (Å²) in [5.74, 6) is -1.51. The minimum absolute atomic E-state index is 0.162.